The van der Waals surface area contributed by atoms with Crippen LogP contribution in [0.2, 0.25) is 5.02 Å². The molecule has 0 fully saturated rings. The molecule has 2 rings (SSSR count). The molecular weight excluding hydrogens is 330 g/mol. The lowest BCUT2D eigenvalue weighted by atomic mass is 10.1. The van der Waals surface area contributed by atoms with E-state index in [1.54, 1.807) is 24.3 Å². The van der Waals surface area contributed by atoms with E-state index in [1.807, 2.05) is 30.3 Å². The van der Waals surface area contributed by atoms with Crippen molar-refractivity contribution in [1.82, 2.24) is 4.90 Å². The molecule has 0 saturated heterocycles. The minimum Gasteiger partial charge on any atom is -0.445 e. The van der Waals surface area contributed by atoms with Gasteiger partial charge in [-0.15, -0.1) is 0 Å². The van der Waals surface area contributed by atoms with Crippen LogP contribution in [0, 0.1) is 0 Å². The van der Waals surface area contributed by atoms with Crippen LogP contribution in [0.15, 0.2) is 54.6 Å². The van der Waals surface area contributed by atoms with Gasteiger partial charge in [-0.3, -0.25) is 0 Å². The van der Waals surface area contributed by atoms with Crippen LogP contribution in [0.4, 0.5) is 4.79 Å². The minimum atomic E-state index is -0.891. The first kappa shape index (κ1) is 18.3. The van der Waals surface area contributed by atoms with Gasteiger partial charge in [-0.2, -0.15) is 0 Å². The molecule has 5 nitrogen and oxygen atoms in total. The quantitative estimate of drug-likeness (QED) is 0.806. The molecule has 1 atom stereocenters. The second-order valence-electron chi connectivity index (χ2n) is 5.28. The van der Waals surface area contributed by atoms with Crippen molar-refractivity contribution in [1.29, 1.82) is 0 Å². The van der Waals surface area contributed by atoms with E-state index in [0.29, 0.717) is 10.6 Å². The van der Waals surface area contributed by atoms with Gasteiger partial charge in [0.05, 0.1) is 19.3 Å². The lowest BCUT2D eigenvalue weighted by Crippen LogP contribution is -2.37. The number of rotatable bonds is 7. The van der Waals surface area contributed by atoms with Crippen molar-refractivity contribution < 1.29 is 19.7 Å². The van der Waals surface area contributed by atoms with Gasteiger partial charge in [0.15, 0.2) is 0 Å². The number of carbonyl (C=O) groups excluding carboxylic acids is 1. The third kappa shape index (κ3) is 5.53. The van der Waals surface area contributed by atoms with Gasteiger partial charge < -0.3 is 19.8 Å². The van der Waals surface area contributed by atoms with Gasteiger partial charge in [-0.1, -0.05) is 54.1 Å². The lowest BCUT2D eigenvalue weighted by Gasteiger charge is -2.24. The van der Waals surface area contributed by atoms with E-state index in [0.717, 1.165) is 5.56 Å². The Labute approximate surface area is 146 Å². The van der Waals surface area contributed by atoms with Crippen LogP contribution in [0.5, 0.6) is 0 Å². The van der Waals surface area contributed by atoms with Crippen molar-refractivity contribution in [3.63, 3.8) is 0 Å². The predicted molar refractivity (Wildman–Crippen MR) is 91.7 cm³/mol. The standard InChI is InChI=1S/C18H20ClNO4/c19-16-8-6-15(7-9-16)17(22)12-20(10-11-21)18(23)24-13-14-4-2-1-3-5-14/h1-9,17,21-22H,10-13H2. The Bertz CT molecular complexity index is 633. The Morgan fingerprint density at radius 2 is 1.79 bits per heavy atom. The average Bonchev–Trinajstić information content (AvgIpc) is 2.60. The third-order valence-corrected chi connectivity index (χ3v) is 3.73. The van der Waals surface area contributed by atoms with E-state index in [4.69, 9.17) is 21.4 Å². The maximum Gasteiger partial charge on any atom is 0.410 e. The van der Waals surface area contributed by atoms with Crippen LogP contribution in [0.3, 0.4) is 0 Å². The molecule has 0 heterocycles. The summed E-state index contributed by atoms with van der Waals surface area (Å²) < 4.78 is 5.24. The van der Waals surface area contributed by atoms with E-state index < -0.39 is 12.2 Å². The SMILES string of the molecule is O=C(OCc1ccccc1)N(CCO)CC(O)c1ccc(Cl)cc1. The van der Waals surface area contributed by atoms with Gasteiger partial charge in [0.25, 0.3) is 0 Å². The summed E-state index contributed by atoms with van der Waals surface area (Å²) in [7, 11) is 0. The van der Waals surface area contributed by atoms with Crippen molar-refractivity contribution in [2.24, 2.45) is 0 Å². The second kappa shape index (κ2) is 9.27. The van der Waals surface area contributed by atoms with E-state index in [1.165, 1.54) is 4.90 Å². The largest absolute Gasteiger partial charge is 0.445 e. The van der Waals surface area contributed by atoms with Crippen molar-refractivity contribution in [3.8, 4) is 0 Å². The summed E-state index contributed by atoms with van der Waals surface area (Å²) in [5, 5.41) is 20.0. The minimum absolute atomic E-state index is 0.0236. The first-order chi connectivity index (χ1) is 11.6. The van der Waals surface area contributed by atoms with Gasteiger partial charge in [0.1, 0.15) is 6.61 Å². The highest BCUT2D eigenvalue weighted by atomic mass is 35.5. The molecule has 0 aliphatic rings. The summed E-state index contributed by atoms with van der Waals surface area (Å²) >= 11 is 5.82. The molecule has 0 bridgehead atoms. The zero-order valence-corrected chi connectivity index (χ0v) is 13.9. The van der Waals surface area contributed by atoms with Crippen molar-refractivity contribution in [3.05, 3.63) is 70.7 Å². The number of amides is 1. The number of nitrogens with zero attached hydrogens (tertiary/aromatic N) is 1. The Kier molecular flexibility index (Phi) is 7.06. The summed E-state index contributed by atoms with van der Waals surface area (Å²) in [5.41, 5.74) is 1.51. The first-order valence-corrected chi connectivity index (χ1v) is 7.98. The fourth-order valence-electron chi connectivity index (χ4n) is 2.19. The van der Waals surface area contributed by atoms with Gasteiger partial charge in [0, 0.05) is 11.6 Å². The third-order valence-electron chi connectivity index (χ3n) is 3.48. The highest BCUT2D eigenvalue weighted by Gasteiger charge is 2.19. The molecular formula is C18H20ClNO4. The van der Waals surface area contributed by atoms with Gasteiger partial charge in [0.2, 0.25) is 0 Å². The molecule has 0 saturated carbocycles. The fraction of sp³-hybridized carbons (Fsp3) is 0.278. The molecule has 0 radical (unpaired) electrons. The Hall–Kier alpha value is -2.08. The number of carbonyl (C=O) groups is 1. The summed E-state index contributed by atoms with van der Waals surface area (Å²) in [6.07, 6.45) is -1.47. The van der Waals surface area contributed by atoms with Crippen molar-refractivity contribution in [2.75, 3.05) is 19.7 Å². The number of ether oxygens (including phenoxy) is 1. The number of aliphatic hydroxyl groups excluding tert-OH is 2. The van der Waals surface area contributed by atoms with E-state index in [2.05, 4.69) is 0 Å². The number of hydrogen-bond donors (Lipinski definition) is 2. The molecule has 1 unspecified atom stereocenters. The lowest BCUT2D eigenvalue weighted by molar-refractivity contribution is 0.0614. The summed E-state index contributed by atoms with van der Waals surface area (Å²) in [4.78, 5) is 13.5. The zero-order chi connectivity index (χ0) is 17.4. The van der Waals surface area contributed by atoms with Crippen LogP contribution in [0.25, 0.3) is 0 Å². The maximum atomic E-state index is 12.2. The molecule has 2 N–H and O–H groups in total. The smallest absolute Gasteiger partial charge is 0.410 e. The average molecular weight is 350 g/mol. The zero-order valence-electron chi connectivity index (χ0n) is 13.1. The van der Waals surface area contributed by atoms with E-state index in [9.17, 15) is 9.90 Å². The van der Waals surface area contributed by atoms with Crippen LogP contribution in [-0.2, 0) is 11.3 Å². The molecule has 2 aromatic carbocycles. The molecule has 0 aromatic heterocycles. The van der Waals surface area contributed by atoms with Crippen molar-refractivity contribution in [2.45, 2.75) is 12.7 Å². The topological polar surface area (TPSA) is 70.0 Å². The van der Waals surface area contributed by atoms with Crippen LogP contribution < -0.4 is 0 Å². The van der Waals surface area contributed by atoms with Gasteiger partial charge in [-0.25, -0.2) is 4.79 Å². The molecule has 2 aromatic rings. The van der Waals surface area contributed by atoms with Crippen LogP contribution >= 0.6 is 11.6 Å². The molecule has 0 aliphatic carbocycles. The second-order valence-corrected chi connectivity index (χ2v) is 5.71. The predicted octanol–water partition coefficient (Wildman–Crippen LogP) is 3.00. The highest BCUT2D eigenvalue weighted by Crippen LogP contribution is 2.18. The molecule has 24 heavy (non-hydrogen) atoms. The number of hydrogen-bond acceptors (Lipinski definition) is 4. The molecule has 1 amide bonds. The highest BCUT2D eigenvalue weighted by molar-refractivity contribution is 6.30. The van der Waals surface area contributed by atoms with E-state index in [-0.39, 0.29) is 26.3 Å². The molecule has 0 spiro atoms. The van der Waals surface area contributed by atoms with Crippen molar-refractivity contribution >= 4 is 17.7 Å². The fourth-order valence-corrected chi connectivity index (χ4v) is 2.31. The number of aliphatic hydroxyl groups is 2. The Morgan fingerprint density at radius 3 is 2.42 bits per heavy atom. The monoisotopic (exact) mass is 349 g/mol. The Balaban J connectivity index is 1.94. The van der Waals surface area contributed by atoms with Gasteiger partial charge >= 0.3 is 6.09 Å². The summed E-state index contributed by atoms with van der Waals surface area (Å²) in [6.45, 7) is 0.0283. The first-order valence-electron chi connectivity index (χ1n) is 7.60. The normalized spacial score (nSPS) is 11.8. The van der Waals surface area contributed by atoms with E-state index >= 15 is 0 Å². The number of benzene rings is 2. The van der Waals surface area contributed by atoms with Crippen LogP contribution in [0.1, 0.15) is 17.2 Å². The summed E-state index contributed by atoms with van der Waals surface area (Å²) in [5.74, 6) is 0. The van der Waals surface area contributed by atoms with Gasteiger partial charge in [-0.05, 0) is 23.3 Å². The maximum absolute atomic E-state index is 12.2. The Morgan fingerprint density at radius 1 is 1.12 bits per heavy atom. The van der Waals surface area contributed by atoms with Crippen LogP contribution in [-0.4, -0.2) is 40.9 Å². The molecule has 0 aliphatic heterocycles. The summed E-state index contributed by atoms with van der Waals surface area (Å²) in [6, 6.07) is 16.0. The number of halogens is 1. The molecule has 128 valence electrons. The molecule has 6 heteroatoms.